The molecule has 13 heavy (non-hydrogen) atoms. The quantitative estimate of drug-likeness (QED) is 0.640. The molecule has 1 nitrogen and oxygen atoms in total. The van der Waals surface area contributed by atoms with Crippen LogP contribution in [0.1, 0.15) is 53.9 Å². The highest BCUT2D eigenvalue weighted by Gasteiger charge is 2.15. The van der Waals surface area contributed by atoms with E-state index in [1.165, 1.54) is 19.3 Å². The van der Waals surface area contributed by atoms with Gasteiger partial charge in [0.25, 0.3) is 0 Å². The van der Waals surface area contributed by atoms with Gasteiger partial charge in [0.15, 0.2) is 0 Å². The van der Waals surface area contributed by atoms with E-state index in [4.69, 9.17) is 0 Å². The van der Waals surface area contributed by atoms with Crippen molar-refractivity contribution in [2.75, 3.05) is 6.54 Å². The Labute approximate surface area is 84.3 Å². The van der Waals surface area contributed by atoms with E-state index in [1.54, 1.807) is 0 Å². The Balaban J connectivity index is 3.75. The lowest BCUT2D eigenvalue weighted by Crippen LogP contribution is -2.29. The predicted molar refractivity (Wildman–Crippen MR) is 61.0 cm³/mol. The monoisotopic (exact) mass is 185 g/mol. The van der Waals surface area contributed by atoms with E-state index in [0.717, 1.165) is 18.4 Å². The highest BCUT2D eigenvalue weighted by Crippen LogP contribution is 2.23. The van der Waals surface area contributed by atoms with Crippen molar-refractivity contribution in [3.63, 3.8) is 0 Å². The molecule has 0 aromatic rings. The second kappa shape index (κ2) is 7.37. The number of nitrogens with one attached hydrogen (secondary N) is 1. The Kier molecular flexibility index (Phi) is 7.35. The third kappa shape index (κ3) is 5.30. The fourth-order valence-corrected chi connectivity index (χ4v) is 2.28. The molecule has 0 amide bonds. The zero-order valence-electron chi connectivity index (χ0n) is 10.1. The van der Waals surface area contributed by atoms with Crippen LogP contribution in [-0.2, 0) is 0 Å². The molecule has 0 saturated heterocycles. The van der Waals surface area contributed by atoms with Crippen molar-refractivity contribution in [3.05, 3.63) is 0 Å². The van der Waals surface area contributed by atoms with E-state index in [-0.39, 0.29) is 0 Å². The van der Waals surface area contributed by atoms with E-state index < -0.39 is 0 Å². The maximum atomic E-state index is 3.48. The molecule has 0 heterocycles. The maximum absolute atomic E-state index is 3.48. The second-order valence-electron chi connectivity index (χ2n) is 4.25. The molecule has 0 bridgehead atoms. The fraction of sp³-hybridized carbons (Fsp3) is 1.00. The summed E-state index contributed by atoms with van der Waals surface area (Å²) in [6.07, 6.45) is 3.98. The van der Waals surface area contributed by atoms with Crippen molar-refractivity contribution in [3.8, 4) is 0 Å². The molecule has 0 saturated carbocycles. The SMILES string of the molecule is CCNC(C)CC(C)C(CC)CC. The summed E-state index contributed by atoms with van der Waals surface area (Å²) in [4.78, 5) is 0. The molecule has 2 unspecified atom stereocenters. The van der Waals surface area contributed by atoms with Gasteiger partial charge in [-0.05, 0) is 31.7 Å². The molecule has 0 aromatic carbocycles. The van der Waals surface area contributed by atoms with E-state index in [1.807, 2.05) is 0 Å². The lowest BCUT2D eigenvalue weighted by atomic mass is 9.85. The van der Waals surface area contributed by atoms with Crippen molar-refractivity contribution in [2.45, 2.75) is 59.9 Å². The van der Waals surface area contributed by atoms with E-state index >= 15 is 0 Å². The van der Waals surface area contributed by atoms with E-state index in [2.05, 4.69) is 39.9 Å². The third-order valence-electron chi connectivity index (χ3n) is 3.13. The average Bonchev–Trinajstić information content (AvgIpc) is 2.06. The zero-order chi connectivity index (χ0) is 10.3. The van der Waals surface area contributed by atoms with Gasteiger partial charge in [0.05, 0.1) is 0 Å². The Bertz CT molecular complexity index is 108. The lowest BCUT2D eigenvalue weighted by molar-refractivity contribution is 0.290. The van der Waals surface area contributed by atoms with Gasteiger partial charge in [-0.1, -0.05) is 40.5 Å². The van der Waals surface area contributed by atoms with Crippen LogP contribution in [0.5, 0.6) is 0 Å². The normalized spacial score (nSPS) is 16.2. The van der Waals surface area contributed by atoms with Gasteiger partial charge >= 0.3 is 0 Å². The average molecular weight is 185 g/mol. The molecule has 0 fully saturated rings. The molecule has 80 valence electrons. The highest BCUT2D eigenvalue weighted by molar-refractivity contribution is 4.69. The molecule has 0 radical (unpaired) electrons. The van der Waals surface area contributed by atoms with Crippen molar-refractivity contribution in [2.24, 2.45) is 11.8 Å². The minimum Gasteiger partial charge on any atom is -0.315 e. The highest BCUT2D eigenvalue weighted by atomic mass is 14.9. The van der Waals surface area contributed by atoms with Gasteiger partial charge in [0.2, 0.25) is 0 Å². The molecule has 0 aliphatic heterocycles. The molecule has 0 spiro atoms. The predicted octanol–water partition coefficient (Wildman–Crippen LogP) is 3.45. The van der Waals surface area contributed by atoms with Crippen LogP contribution < -0.4 is 5.32 Å². The summed E-state index contributed by atoms with van der Waals surface area (Å²) in [5.74, 6) is 1.78. The molecular formula is C12H27N. The second-order valence-corrected chi connectivity index (χ2v) is 4.25. The minimum absolute atomic E-state index is 0.681. The fourth-order valence-electron chi connectivity index (χ4n) is 2.28. The van der Waals surface area contributed by atoms with Crippen molar-refractivity contribution in [1.29, 1.82) is 0 Å². The summed E-state index contributed by atoms with van der Waals surface area (Å²) in [6.45, 7) is 12.6. The van der Waals surface area contributed by atoms with E-state index in [0.29, 0.717) is 6.04 Å². The smallest absolute Gasteiger partial charge is 0.00412 e. The Morgan fingerprint density at radius 2 is 1.54 bits per heavy atom. The first-order valence-corrected chi connectivity index (χ1v) is 5.88. The van der Waals surface area contributed by atoms with Gasteiger partial charge in [0.1, 0.15) is 0 Å². The van der Waals surface area contributed by atoms with Crippen molar-refractivity contribution >= 4 is 0 Å². The van der Waals surface area contributed by atoms with Crippen LogP contribution in [0.2, 0.25) is 0 Å². The van der Waals surface area contributed by atoms with Gasteiger partial charge < -0.3 is 5.32 Å². The molecule has 0 aliphatic carbocycles. The molecule has 0 rings (SSSR count). The molecule has 0 aromatic heterocycles. The number of rotatable bonds is 7. The van der Waals surface area contributed by atoms with Crippen LogP contribution in [-0.4, -0.2) is 12.6 Å². The summed E-state index contributed by atoms with van der Waals surface area (Å²) in [7, 11) is 0. The standard InChI is InChI=1S/C12H27N/c1-6-12(7-2)10(4)9-11(5)13-8-3/h10-13H,6-9H2,1-5H3. The topological polar surface area (TPSA) is 12.0 Å². The summed E-state index contributed by atoms with van der Waals surface area (Å²) in [6, 6.07) is 0.681. The van der Waals surface area contributed by atoms with Gasteiger partial charge in [-0.3, -0.25) is 0 Å². The molecular weight excluding hydrogens is 158 g/mol. The van der Waals surface area contributed by atoms with Gasteiger partial charge in [-0.15, -0.1) is 0 Å². The Hall–Kier alpha value is -0.0400. The lowest BCUT2D eigenvalue weighted by Gasteiger charge is -2.24. The van der Waals surface area contributed by atoms with Crippen LogP contribution in [0.15, 0.2) is 0 Å². The van der Waals surface area contributed by atoms with Gasteiger partial charge in [0, 0.05) is 6.04 Å². The first kappa shape index (κ1) is 13.0. The van der Waals surface area contributed by atoms with Crippen LogP contribution in [0.25, 0.3) is 0 Å². The molecule has 1 heteroatoms. The van der Waals surface area contributed by atoms with Gasteiger partial charge in [-0.25, -0.2) is 0 Å². The molecule has 2 atom stereocenters. The minimum atomic E-state index is 0.681. The first-order chi connectivity index (χ1) is 6.15. The number of hydrogen-bond acceptors (Lipinski definition) is 1. The Morgan fingerprint density at radius 3 is 1.92 bits per heavy atom. The largest absolute Gasteiger partial charge is 0.315 e. The van der Waals surface area contributed by atoms with Crippen molar-refractivity contribution < 1.29 is 0 Å². The zero-order valence-corrected chi connectivity index (χ0v) is 10.1. The number of hydrogen-bond donors (Lipinski definition) is 1. The van der Waals surface area contributed by atoms with E-state index in [9.17, 15) is 0 Å². The Morgan fingerprint density at radius 1 is 1.00 bits per heavy atom. The van der Waals surface area contributed by atoms with Crippen LogP contribution >= 0.6 is 0 Å². The van der Waals surface area contributed by atoms with Crippen molar-refractivity contribution in [1.82, 2.24) is 5.32 Å². The van der Waals surface area contributed by atoms with Crippen LogP contribution in [0, 0.1) is 11.8 Å². The van der Waals surface area contributed by atoms with Crippen LogP contribution in [0.4, 0.5) is 0 Å². The van der Waals surface area contributed by atoms with Gasteiger partial charge in [-0.2, -0.15) is 0 Å². The third-order valence-corrected chi connectivity index (χ3v) is 3.13. The summed E-state index contributed by atoms with van der Waals surface area (Å²) in [5, 5.41) is 3.48. The first-order valence-electron chi connectivity index (χ1n) is 5.88. The summed E-state index contributed by atoms with van der Waals surface area (Å²) >= 11 is 0. The summed E-state index contributed by atoms with van der Waals surface area (Å²) in [5.41, 5.74) is 0. The maximum Gasteiger partial charge on any atom is 0.00412 e. The molecule has 0 aliphatic rings. The van der Waals surface area contributed by atoms with Crippen LogP contribution in [0.3, 0.4) is 0 Å². The molecule has 1 N–H and O–H groups in total. The summed E-state index contributed by atoms with van der Waals surface area (Å²) < 4.78 is 0.